The largest absolute Gasteiger partial charge is 0.480 e. The zero-order valence-electron chi connectivity index (χ0n) is 7.53. The van der Waals surface area contributed by atoms with Crippen molar-refractivity contribution in [2.45, 2.75) is 0 Å². The Balaban J connectivity index is 2.44. The van der Waals surface area contributed by atoms with E-state index in [4.69, 9.17) is 4.74 Å². The van der Waals surface area contributed by atoms with Crippen LogP contribution in [-0.4, -0.2) is 12.1 Å². The lowest BCUT2D eigenvalue weighted by molar-refractivity contribution is 0.401. The molecule has 0 N–H and O–H groups in total. The molecule has 0 amide bonds. The summed E-state index contributed by atoms with van der Waals surface area (Å²) >= 11 is 5.07. The van der Waals surface area contributed by atoms with Crippen molar-refractivity contribution in [3.63, 3.8) is 0 Å². The van der Waals surface area contributed by atoms with Gasteiger partial charge in [-0.1, -0.05) is 34.1 Å². The monoisotopic (exact) mass is 269 g/mol. The van der Waals surface area contributed by atoms with Crippen molar-refractivity contribution >= 4 is 27.3 Å². The van der Waals surface area contributed by atoms with Gasteiger partial charge in [0.15, 0.2) is 0 Å². The smallest absolute Gasteiger partial charge is 0.224 e. The predicted octanol–water partition coefficient (Wildman–Crippen LogP) is 3.58. The first-order valence-corrected chi connectivity index (χ1v) is 5.73. The molecular formula is C10H8BrNOS. The molecule has 0 aliphatic rings. The van der Waals surface area contributed by atoms with Gasteiger partial charge >= 0.3 is 0 Å². The number of halogens is 1. The Morgan fingerprint density at radius 2 is 2.14 bits per heavy atom. The lowest BCUT2D eigenvalue weighted by atomic mass is 10.2. The van der Waals surface area contributed by atoms with E-state index in [9.17, 15) is 0 Å². The summed E-state index contributed by atoms with van der Waals surface area (Å²) in [4.78, 5) is 4.33. The first kappa shape index (κ1) is 9.68. The number of thiazole rings is 1. The number of ether oxygens (including phenoxy) is 1. The number of hydrogen-bond acceptors (Lipinski definition) is 3. The molecule has 1 heterocycles. The number of methoxy groups -OCH3 is 1. The molecule has 2 rings (SSSR count). The maximum Gasteiger partial charge on any atom is 0.224 e. The Hall–Kier alpha value is -0.870. The van der Waals surface area contributed by atoms with Gasteiger partial charge in [0.1, 0.15) is 5.01 Å². The third kappa shape index (κ3) is 1.81. The van der Waals surface area contributed by atoms with Crippen LogP contribution >= 0.6 is 27.3 Å². The Bertz CT molecular complexity index is 441. The molecule has 0 bridgehead atoms. The van der Waals surface area contributed by atoms with Crippen molar-refractivity contribution in [1.82, 2.24) is 4.98 Å². The van der Waals surface area contributed by atoms with Crippen molar-refractivity contribution < 1.29 is 4.74 Å². The normalized spacial score (nSPS) is 10.1. The van der Waals surface area contributed by atoms with E-state index in [-0.39, 0.29) is 0 Å². The highest BCUT2D eigenvalue weighted by atomic mass is 79.9. The van der Waals surface area contributed by atoms with Crippen molar-refractivity contribution in [3.8, 4) is 16.5 Å². The Morgan fingerprint density at radius 3 is 2.79 bits per heavy atom. The number of hydrogen-bond donors (Lipinski definition) is 0. The fourth-order valence-corrected chi connectivity index (χ4v) is 2.52. The molecule has 0 fully saturated rings. The molecule has 2 nitrogen and oxygen atoms in total. The van der Waals surface area contributed by atoms with Gasteiger partial charge < -0.3 is 4.74 Å². The van der Waals surface area contributed by atoms with E-state index >= 15 is 0 Å². The number of benzene rings is 1. The maximum atomic E-state index is 5.04. The molecule has 14 heavy (non-hydrogen) atoms. The van der Waals surface area contributed by atoms with Crippen LogP contribution in [0.15, 0.2) is 34.1 Å². The fraction of sp³-hybridized carbons (Fsp3) is 0.100. The topological polar surface area (TPSA) is 22.1 Å². The third-order valence-electron chi connectivity index (χ3n) is 1.80. The molecule has 2 aromatic rings. The summed E-state index contributed by atoms with van der Waals surface area (Å²) in [5.74, 6) is 0.667. The minimum Gasteiger partial charge on any atom is -0.480 e. The number of aromatic nitrogens is 1. The first-order valence-electron chi connectivity index (χ1n) is 4.05. The van der Waals surface area contributed by atoms with Gasteiger partial charge in [0, 0.05) is 10.0 Å². The molecule has 72 valence electrons. The van der Waals surface area contributed by atoms with Crippen LogP contribution in [0.1, 0.15) is 0 Å². The maximum absolute atomic E-state index is 5.04. The lowest BCUT2D eigenvalue weighted by Gasteiger charge is -1.98. The van der Waals surface area contributed by atoms with Gasteiger partial charge in [0.2, 0.25) is 5.88 Å². The Labute approximate surface area is 94.7 Å². The summed E-state index contributed by atoms with van der Waals surface area (Å²) in [6.07, 6.45) is 0. The van der Waals surface area contributed by atoms with E-state index in [0.29, 0.717) is 5.88 Å². The quantitative estimate of drug-likeness (QED) is 0.832. The predicted molar refractivity (Wildman–Crippen MR) is 61.8 cm³/mol. The van der Waals surface area contributed by atoms with Crippen molar-refractivity contribution in [2.75, 3.05) is 7.11 Å². The molecule has 0 unspecified atom stereocenters. The molecule has 4 heteroatoms. The van der Waals surface area contributed by atoms with Crippen LogP contribution in [0.5, 0.6) is 5.88 Å². The van der Waals surface area contributed by atoms with Gasteiger partial charge in [-0.3, -0.25) is 0 Å². The van der Waals surface area contributed by atoms with Crippen LogP contribution in [0.4, 0.5) is 0 Å². The number of rotatable bonds is 2. The van der Waals surface area contributed by atoms with Gasteiger partial charge in [0.25, 0.3) is 0 Å². The third-order valence-corrected chi connectivity index (χ3v) is 3.34. The van der Waals surface area contributed by atoms with Crippen LogP contribution in [0, 0.1) is 0 Å². The van der Waals surface area contributed by atoms with Gasteiger partial charge in [-0.15, -0.1) is 11.3 Å². The summed E-state index contributed by atoms with van der Waals surface area (Å²) in [5, 5.41) is 2.86. The fourth-order valence-electron chi connectivity index (χ4n) is 1.11. The van der Waals surface area contributed by atoms with E-state index in [1.165, 1.54) is 0 Å². The Kier molecular flexibility index (Phi) is 2.84. The van der Waals surface area contributed by atoms with Crippen LogP contribution in [0.2, 0.25) is 0 Å². The number of nitrogens with zero attached hydrogens (tertiary/aromatic N) is 1. The van der Waals surface area contributed by atoms with Crippen LogP contribution in [0.25, 0.3) is 10.6 Å². The zero-order chi connectivity index (χ0) is 9.97. The minimum atomic E-state index is 0.667. The highest BCUT2D eigenvalue weighted by Gasteiger charge is 2.07. The molecule has 1 aromatic heterocycles. The van der Waals surface area contributed by atoms with Gasteiger partial charge in [-0.2, -0.15) is 0 Å². The summed E-state index contributed by atoms with van der Waals surface area (Å²) in [7, 11) is 1.62. The van der Waals surface area contributed by atoms with E-state index in [0.717, 1.165) is 15.0 Å². The summed E-state index contributed by atoms with van der Waals surface area (Å²) in [6.45, 7) is 0. The highest BCUT2D eigenvalue weighted by molar-refractivity contribution is 9.10. The summed E-state index contributed by atoms with van der Waals surface area (Å²) < 4.78 is 6.09. The van der Waals surface area contributed by atoms with Crippen molar-refractivity contribution in [3.05, 3.63) is 34.1 Å². The molecule has 0 aliphatic heterocycles. The molecule has 0 saturated carbocycles. The van der Waals surface area contributed by atoms with Crippen molar-refractivity contribution in [2.24, 2.45) is 0 Å². The summed E-state index contributed by atoms with van der Waals surface area (Å²) in [6, 6.07) is 8.01. The average Bonchev–Trinajstić information content (AvgIpc) is 2.67. The van der Waals surface area contributed by atoms with Crippen LogP contribution in [0.3, 0.4) is 0 Å². The zero-order valence-corrected chi connectivity index (χ0v) is 9.93. The minimum absolute atomic E-state index is 0.667. The molecule has 0 spiro atoms. The molecule has 0 radical (unpaired) electrons. The van der Waals surface area contributed by atoms with Crippen LogP contribution < -0.4 is 4.74 Å². The van der Waals surface area contributed by atoms with Gasteiger partial charge in [-0.25, -0.2) is 4.98 Å². The van der Waals surface area contributed by atoms with E-state index in [2.05, 4.69) is 20.9 Å². The van der Waals surface area contributed by atoms with E-state index in [1.807, 2.05) is 29.6 Å². The SMILES string of the molecule is COc1csc(-c2ccccc2Br)n1. The second-order valence-corrected chi connectivity index (χ2v) is 4.39. The van der Waals surface area contributed by atoms with Crippen LogP contribution in [-0.2, 0) is 0 Å². The molecule has 0 atom stereocenters. The van der Waals surface area contributed by atoms with E-state index in [1.54, 1.807) is 18.4 Å². The second kappa shape index (κ2) is 4.11. The standard InChI is InChI=1S/C10H8BrNOS/c1-13-9-6-14-10(12-9)7-4-2-3-5-8(7)11/h2-6H,1H3. The molecule has 0 aliphatic carbocycles. The molecule has 1 aromatic carbocycles. The van der Waals surface area contributed by atoms with E-state index < -0.39 is 0 Å². The highest BCUT2D eigenvalue weighted by Crippen LogP contribution is 2.31. The first-order chi connectivity index (χ1) is 6.81. The average molecular weight is 270 g/mol. The second-order valence-electron chi connectivity index (χ2n) is 2.67. The van der Waals surface area contributed by atoms with Gasteiger partial charge in [-0.05, 0) is 6.07 Å². The molecule has 0 saturated heterocycles. The van der Waals surface area contributed by atoms with Crippen molar-refractivity contribution in [1.29, 1.82) is 0 Å². The summed E-state index contributed by atoms with van der Waals surface area (Å²) in [5.41, 5.74) is 1.10. The lowest BCUT2D eigenvalue weighted by Crippen LogP contribution is -1.82. The van der Waals surface area contributed by atoms with Gasteiger partial charge in [0.05, 0.1) is 12.5 Å². The molecular weight excluding hydrogens is 262 g/mol. The Morgan fingerprint density at radius 1 is 1.36 bits per heavy atom.